The smallest absolute Gasteiger partial charge is 0.331 e. The molecule has 1 atom stereocenters. The summed E-state index contributed by atoms with van der Waals surface area (Å²) in [7, 11) is 0. The number of hydrogen-bond acceptors (Lipinski definition) is 4. The molecule has 0 aromatic heterocycles. The van der Waals surface area contributed by atoms with E-state index in [1.54, 1.807) is 24.8 Å². The van der Waals surface area contributed by atoms with E-state index in [1.165, 1.54) is 43.1 Å². The van der Waals surface area contributed by atoms with Gasteiger partial charge in [-0.15, -0.1) is 11.8 Å². The predicted molar refractivity (Wildman–Crippen MR) is 102 cm³/mol. The van der Waals surface area contributed by atoms with Crippen LogP contribution in [-0.2, 0) is 14.3 Å². The van der Waals surface area contributed by atoms with E-state index in [-0.39, 0.29) is 5.91 Å². The molecule has 1 fully saturated rings. The van der Waals surface area contributed by atoms with Gasteiger partial charge in [0.1, 0.15) is 0 Å². The van der Waals surface area contributed by atoms with Crippen molar-refractivity contribution in [2.45, 2.75) is 50.0 Å². The van der Waals surface area contributed by atoms with Crippen molar-refractivity contribution >= 4 is 29.7 Å². The van der Waals surface area contributed by atoms with Crippen molar-refractivity contribution in [2.24, 2.45) is 5.92 Å². The van der Waals surface area contributed by atoms with Crippen LogP contribution in [0.2, 0.25) is 0 Å². The predicted octanol–water partition coefficient (Wildman–Crippen LogP) is 4.05. The third-order valence-corrected chi connectivity index (χ3v) is 5.22. The fraction of sp³-hybridized carbons (Fsp3) is 0.500. The zero-order chi connectivity index (χ0) is 18.1. The molecule has 0 heterocycles. The molecule has 5 heteroatoms. The summed E-state index contributed by atoms with van der Waals surface area (Å²) in [6.45, 7) is 2.29. The molecule has 0 bridgehead atoms. The normalized spacial score (nSPS) is 16.6. The third-order valence-electron chi connectivity index (χ3n) is 4.48. The van der Waals surface area contributed by atoms with Crippen molar-refractivity contribution in [3.63, 3.8) is 0 Å². The van der Waals surface area contributed by atoms with Gasteiger partial charge in [0.2, 0.25) is 0 Å². The molecule has 2 rings (SSSR count). The highest BCUT2D eigenvalue weighted by atomic mass is 32.2. The Labute approximate surface area is 154 Å². The Morgan fingerprint density at radius 3 is 2.56 bits per heavy atom. The third kappa shape index (κ3) is 6.94. The molecule has 1 N–H and O–H groups in total. The summed E-state index contributed by atoms with van der Waals surface area (Å²) in [5, 5.41) is 2.90. The highest BCUT2D eigenvalue weighted by molar-refractivity contribution is 7.98. The van der Waals surface area contributed by atoms with Gasteiger partial charge in [-0.1, -0.05) is 31.4 Å². The fourth-order valence-corrected chi connectivity index (χ4v) is 3.33. The van der Waals surface area contributed by atoms with Crippen molar-refractivity contribution in [3.8, 4) is 0 Å². The molecule has 1 aliphatic rings. The molecule has 1 aliphatic carbocycles. The van der Waals surface area contributed by atoms with Crippen LogP contribution in [0.1, 0.15) is 44.6 Å². The minimum Gasteiger partial charge on any atom is -0.449 e. The molecule has 25 heavy (non-hydrogen) atoms. The van der Waals surface area contributed by atoms with Crippen LogP contribution in [0.5, 0.6) is 0 Å². The van der Waals surface area contributed by atoms with Gasteiger partial charge in [-0.3, -0.25) is 4.79 Å². The number of thioether (sulfide) groups is 1. The lowest BCUT2D eigenvalue weighted by atomic mass is 9.89. The van der Waals surface area contributed by atoms with Crippen LogP contribution in [0, 0.1) is 5.92 Å². The van der Waals surface area contributed by atoms with E-state index in [4.69, 9.17) is 4.74 Å². The lowest BCUT2D eigenvalue weighted by Crippen LogP contribution is -2.38. The molecule has 136 valence electrons. The van der Waals surface area contributed by atoms with E-state index in [9.17, 15) is 9.59 Å². The number of benzene rings is 1. The number of nitrogens with one attached hydrogen (secondary N) is 1. The maximum atomic E-state index is 12.1. The van der Waals surface area contributed by atoms with Crippen LogP contribution < -0.4 is 5.32 Å². The summed E-state index contributed by atoms with van der Waals surface area (Å²) in [5.41, 5.74) is 0.921. The highest BCUT2D eigenvalue weighted by Crippen LogP contribution is 2.22. The Morgan fingerprint density at radius 1 is 1.24 bits per heavy atom. The lowest BCUT2D eigenvalue weighted by Gasteiger charge is -2.22. The number of esters is 1. The molecular weight excluding hydrogens is 334 g/mol. The number of carbonyl (C=O) groups is 2. The molecule has 1 amide bonds. The number of ether oxygens (including phenoxy) is 1. The van der Waals surface area contributed by atoms with E-state index in [0.29, 0.717) is 12.5 Å². The number of rotatable bonds is 7. The second-order valence-electron chi connectivity index (χ2n) is 6.43. The van der Waals surface area contributed by atoms with Crippen molar-refractivity contribution in [3.05, 3.63) is 35.9 Å². The van der Waals surface area contributed by atoms with Crippen LogP contribution >= 0.6 is 11.8 Å². The van der Waals surface area contributed by atoms with E-state index in [1.807, 2.05) is 30.5 Å². The second kappa shape index (κ2) is 10.3. The second-order valence-corrected chi connectivity index (χ2v) is 7.31. The van der Waals surface area contributed by atoms with E-state index >= 15 is 0 Å². The molecule has 0 saturated heterocycles. The highest BCUT2D eigenvalue weighted by Gasteiger charge is 2.19. The van der Waals surface area contributed by atoms with Gasteiger partial charge in [-0.05, 0) is 55.7 Å². The van der Waals surface area contributed by atoms with Gasteiger partial charge in [-0.25, -0.2) is 4.79 Å². The summed E-state index contributed by atoms with van der Waals surface area (Å²) in [4.78, 5) is 25.1. The molecule has 1 aromatic carbocycles. The van der Waals surface area contributed by atoms with Gasteiger partial charge in [0.25, 0.3) is 5.91 Å². The number of amides is 1. The first-order chi connectivity index (χ1) is 12.1. The topological polar surface area (TPSA) is 55.4 Å². The Kier molecular flexibility index (Phi) is 8.06. The van der Waals surface area contributed by atoms with E-state index in [2.05, 4.69) is 5.32 Å². The summed E-state index contributed by atoms with van der Waals surface area (Å²) in [6.07, 6.45) is 10.4. The maximum Gasteiger partial charge on any atom is 0.331 e. The zero-order valence-corrected chi connectivity index (χ0v) is 15.8. The Hall–Kier alpha value is -1.75. The zero-order valence-electron chi connectivity index (χ0n) is 15.0. The fourth-order valence-electron chi connectivity index (χ4n) is 2.93. The Bertz CT molecular complexity index is 591. The standard InChI is InChI=1S/C20H27NO3S/c1-15(20(23)21-14-17-6-4-3-5-7-17)24-19(22)13-10-16-8-11-18(25-2)12-9-16/h8-13,15,17H,3-7,14H2,1-2H3,(H,21,23)/b13-10+/t15-/m0/s1. The maximum absolute atomic E-state index is 12.1. The molecule has 0 radical (unpaired) electrons. The van der Waals surface area contributed by atoms with Crippen LogP contribution in [0.15, 0.2) is 35.2 Å². The molecule has 0 unspecified atom stereocenters. The van der Waals surface area contributed by atoms with Gasteiger partial charge in [-0.2, -0.15) is 0 Å². The molecule has 1 aromatic rings. The summed E-state index contributed by atoms with van der Waals surface area (Å²) >= 11 is 1.67. The molecular formula is C20H27NO3S. The first-order valence-corrected chi connectivity index (χ1v) is 10.1. The van der Waals surface area contributed by atoms with Crippen molar-refractivity contribution in [1.29, 1.82) is 0 Å². The van der Waals surface area contributed by atoms with E-state index < -0.39 is 12.1 Å². The minimum absolute atomic E-state index is 0.225. The number of carbonyl (C=O) groups excluding carboxylic acids is 2. The molecule has 4 nitrogen and oxygen atoms in total. The molecule has 1 saturated carbocycles. The lowest BCUT2D eigenvalue weighted by molar-refractivity contribution is -0.150. The summed E-state index contributed by atoms with van der Waals surface area (Å²) in [6, 6.07) is 7.87. The largest absolute Gasteiger partial charge is 0.449 e. The monoisotopic (exact) mass is 361 g/mol. The Morgan fingerprint density at radius 2 is 1.92 bits per heavy atom. The van der Waals surface area contributed by atoms with Gasteiger partial charge in [0, 0.05) is 17.5 Å². The number of hydrogen-bond donors (Lipinski definition) is 1. The average Bonchev–Trinajstić information content (AvgIpc) is 2.65. The Balaban J connectivity index is 1.74. The van der Waals surface area contributed by atoms with Crippen molar-refractivity contribution < 1.29 is 14.3 Å². The molecule has 0 aliphatic heterocycles. The average molecular weight is 362 g/mol. The van der Waals surface area contributed by atoms with Crippen LogP contribution in [-0.4, -0.2) is 30.8 Å². The van der Waals surface area contributed by atoms with E-state index in [0.717, 1.165) is 5.56 Å². The SMILES string of the molecule is CSc1ccc(/C=C/C(=O)O[C@@H](C)C(=O)NCC2CCCCC2)cc1. The van der Waals surface area contributed by atoms with Gasteiger partial charge < -0.3 is 10.1 Å². The van der Waals surface area contributed by atoms with Crippen molar-refractivity contribution in [1.82, 2.24) is 5.32 Å². The minimum atomic E-state index is -0.778. The van der Waals surface area contributed by atoms with Gasteiger partial charge in [0.05, 0.1) is 0 Å². The summed E-state index contributed by atoms with van der Waals surface area (Å²) < 4.78 is 5.18. The van der Waals surface area contributed by atoms with Gasteiger partial charge >= 0.3 is 5.97 Å². The molecule has 0 spiro atoms. The van der Waals surface area contributed by atoms with Crippen LogP contribution in [0.25, 0.3) is 6.08 Å². The first-order valence-electron chi connectivity index (χ1n) is 8.89. The van der Waals surface area contributed by atoms with Crippen LogP contribution in [0.4, 0.5) is 0 Å². The quantitative estimate of drug-likeness (QED) is 0.452. The van der Waals surface area contributed by atoms with Gasteiger partial charge in [0.15, 0.2) is 6.10 Å². The first kappa shape index (κ1) is 19.6. The van der Waals surface area contributed by atoms with Crippen molar-refractivity contribution in [2.75, 3.05) is 12.8 Å². The van der Waals surface area contributed by atoms with Crippen LogP contribution in [0.3, 0.4) is 0 Å². The summed E-state index contributed by atoms with van der Waals surface area (Å²) in [5.74, 6) is -0.171.